The van der Waals surface area contributed by atoms with Crippen LogP contribution in [0.4, 0.5) is 0 Å². The molecule has 0 unspecified atom stereocenters. The van der Waals surface area contributed by atoms with Crippen molar-refractivity contribution in [2.45, 2.75) is 52.0 Å². The molecule has 3 nitrogen and oxygen atoms in total. The Morgan fingerprint density at radius 2 is 1.88 bits per heavy atom. The van der Waals surface area contributed by atoms with Crippen molar-refractivity contribution in [1.82, 2.24) is 4.90 Å². The topological polar surface area (TPSA) is 49.5 Å². The Kier molecular flexibility index (Phi) is 5.73. The van der Waals surface area contributed by atoms with Crippen molar-refractivity contribution in [3.8, 4) is 0 Å². The second kappa shape index (κ2) is 6.58. The Morgan fingerprint density at radius 1 is 1.25 bits per heavy atom. The number of hydrogen-bond donors (Lipinski definition) is 2. The highest BCUT2D eigenvalue weighted by atomic mass is 16.3. The first-order valence-electron chi connectivity index (χ1n) is 6.64. The molecule has 0 spiro atoms. The van der Waals surface area contributed by atoms with Gasteiger partial charge in [0.15, 0.2) is 0 Å². The molecule has 0 bridgehead atoms. The van der Waals surface area contributed by atoms with Crippen molar-refractivity contribution < 1.29 is 5.11 Å². The monoisotopic (exact) mass is 228 g/mol. The molecule has 3 heteroatoms. The summed E-state index contributed by atoms with van der Waals surface area (Å²) in [5.41, 5.74) is 5.98. The van der Waals surface area contributed by atoms with Crippen LogP contribution in [-0.4, -0.2) is 42.3 Å². The molecule has 0 aromatic carbocycles. The third kappa shape index (κ3) is 4.40. The maximum absolute atomic E-state index is 9.12. The zero-order chi connectivity index (χ0) is 12.0. The summed E-state index contributed by atoms with van der Waals surface area (Å²) >= 11 is 0. The summed E-state index contributed by atoms with van der Waals surface area (Å²) in [5.74, 6) is 0. The molecule has 1 rings (SSSR count). The van der Waals surface area contributed by atoms with Crippen molar-refractivity contribution in [1.29, 1.82) is 0 Å². The van der Waals surface area contributed by atoms with Crippen LogP contribution in [0, 0.1) is 5.41 Å². The summed E-state index contributed by atoms with van der Waals surface area (Å²) < 4.78 is 0. The molecule has 0 atom stereocenters. The second-order valence-electron chi connectivity index (χ2n) is 5.82. The normalized spacial score (nSPS) is 18.6. The lowest BCUT2D eigenvalue weighted by Gasteiger charge is -2.32. The third-order valence-electron chi connectivity index (χ3n) is 3.86. The zero-order valence-corrected chi connectivity index (χ0v) is 10.9. The van der Waals surface area contributed by atoms with E-state index in [1.807, 2.05) is 0 Å². The van der Waals surface area contributed by atoms with Gasteiger partial charge in [0.25, 0.3) is 0 Å². The maximum Gasteiger partial charge on any atom is 0.0558 e. The predicted molar refractivity (Wildman–Crippen MR) is 68.4 cm³/mol. The molecule has 3 N–H and O–H groups in total. The van der Waals surface area contributed by atoms with E-state index in [4.69, 9.17) is 10.8 Å². The Labute approximate surface area is 100 Å². The highest BCUT2D eigenvalue weighted by molar-refractivity contribution is 4.79. The lowest BCUT2D eigenvalue weighted by atomic mass is 9.89. The second-order valence-corrected chi connectivity index (χ2v) is 5.82. The smallest absolute Gasteiger partial charge is 0.0558 e. The molecule has 0 aliphatic heterocycles. The number of nitrogens with zero attached hydrogens (tertiary/aromatic N) is 1. The Bertz CT molecular complexity index is 188. The van der Waals surface area contributed by atoms with Gasteiger partial charge in [-0.25, -0.2) is 0 Å². The molecule has 1 aliphatic carbocycles. The van der Waals surface area contributed by atoms with Gasteiger partial charge >= 0.3 is 0 Å². The fourth-order valence-electron chi connectivity index (χ4n) is 2.42. The summed E-state index contributed by atoms with van der Waals surface area (Å²) in [6.07, 6.45) is 6.45. The lowest BCUT2D eigenvalue weighted by Crippen LogP contribution is -2.39. The number of rotatable bonds is 7. The molecule has 1 aliphatic rings. The van der Waals surface area contributed by atoms with Crippen LogP contribution in [0.25, 0.3) is 0 Å². The maximum atomic E-state index is 9.12. The van der Waals surface area contributed by atoms with Gasteiger partial charge in [-0.1, -0.05) is 26.7 Å². The summed E-state index contributed by atoms with van der Waals surface area (Å²) in [7, 11) is 0. The van der Waals surface area contributed by atoms with Crippen molar-refractivity contribution >= 4 is 0 Å². The van der Waals surface area contributed by atoms with E-state index in [0.717, 1.165) is 26.1 Å². The van der Waals surface area contributed by atoms with Crippen LogP contribution in [0.1, 0.15) is 46.0 Å². The largest absolute Gasteiger partial charge is 0.395 e. The van der Waals surface area contributed by atoms with E-state index < -0.39 is 0 Å². The average molecular weight is 228 g/mol. The SMILES string of the molecule is CC(C)(CN)CCN(CCO)C1CCCC1. The molecule has 16 heavy (non-hydrogen) atoms. The molecule has 0 saturated heterocycles. The zero-order valence-electron chi connectivity index (χ0n) is 10.9. The molecule has 0 heterocycles. The van der Waals surface area contributed by atoms with Crippen LogP contribution in [0.3, 0.4) is 0 Å². The first kappa shape index (κ1) is 13.9. The van der Waals surface area contributed by atoms with Gasteiger partial charge in [0.1, 0.15) is 0 Å². The van der Waals surface area contributed by atoms with Crippen LogP contribution < -0.4 is 5.73 Å². The number of aliphatic hydroxyl groups excluding tert-OH is 1. The van der Waals surface area contributed by atoms with Crippen LogP contribution in [0.5, 0.6) is 0 Å². The van der Waals surface area contributed by atoms with Crippen LogP contribution >= 0.6 is 0 Å². The minimum atomic E-state index is 0.228. The molecule has 0 radical (unpaired) electrons. The van der Waals surface area contributed by atoms with Crippen LogP contribution in [-0.2, 0) is 0 Å². The molecule has 0 amide bonds. The standard InChI is InChI=1S/C13H28N2O/c1-13(2,11-14)7-8-15(9-10-16)12-5-3-4-6-12/h12,16H,3-11,14H2,1-2H3. The Balaban J connectivity index is 2.38. The van der Waals surface area contributed by atoms with Gasteiger partial charge in [0, 0.05) is 12.6 Å². The van der Waals surface area contributed by atoms with E-state index >= 15 is 0 Å². The minimum absolute atomic E-state index is 0.228. The van der Waals surface area contributed by atoms with Gasteiger partial charge in [-0.2, -0.15) is 0 Å². The quantitative estimate of drug-likeness (QED) is 0.696. The number of hydrogen-bond acceptors (Lipinski definition) is 3. The summed E-state index contributed by atoms with van der Waals surface area (Å²) in [6.45, 7) is 7.36. The summed E-state index contributed by atoms with van der Waals surface area (Å²) in [4.78, 5) is 2.46. The van der Waals surface area contributed by atoms with Crippen molar-refractivity contribution in [2.75, 3.05) is 26.2 Å². The van der Waals surface area contributed by atoms with Gasteiger partial charge in [-0.15, -0.1) is 0 Å². The van der Waals surface area contributed by atoms with Crippen molar-refractivity contribution in [3.63, 3.8) is 0 Å². The van der Waals surface area contributed by atoms with E-state index in [1.165, 1.54) is 25.7 Å². The molecule has 0 aromatic heterocycles. The molecule has 1 fully saturated rings. The highest BCUT2D eigenvalue weighted by Gasteiger charge is 2.24. The van der Waals surface area contributed by atoms with Gasteiger partial charge in [0.05, 0.1) is 6.61 Å². The highest BCUT2D eigenvalue weighted by Crippen LogP contribution is 2.25. The van der Waals surface area contributed by atoms with Crippen molar-refractivity contribution in [2.24, 2.45) is 11.1 Å². The predicted octanol–water partition coefficient (Wildman–Crippen LogP) is 1.60. The van der Waals surface area contributed by atoms with E-state index in [2.05, 4.69) is 18.7 Å². The van der Waals surface area contributed by atoms with E-state index in [0.29, 0.717) is 6.04 Å². The fraction of sp³-hybridized carbons (Fsp3) is 1.00. The van der Waals surface area contributed by atoms with Gasteiger partial charge in [-0.05, 0) is 37.8 Å². The van der Waals surface area contributed by atoms with Crippen molar-refractivity contribution in [3.05, 3.63) is 0 Å². The molecular formula is C13H28N2O. The molecule has 0 aromatic rings. The minimum Gasteiger partial charge on any atom is -0.395 e. The summed E-state index contributed by atoms with van der Waals surface area (Å²) in [6, 6.07) is 0.709. The van der Waals surface area contributed by atoms with Crippen LogP contribution in [0.15, 0.2) is 0 Å². The van der Waals surface area contributed by atoms with Gasteiger partial charge in [-0.3, -0.25) is 4.90 Å². The van der Waals surface area contributed by atoms with E-state index in [1.54, 1.807) is 0 Å². The molecule has 1 saturated carbocycles. The molecular weight excluding hydrogens is 200 g/mol. The number of nitrogens with two attached hydrogens (primary N) is 1. The van der Waals surface area contributed by atoms with Gasteiger partial charge in [0.2, 0.25) is 0 Å². The van der Waals surface area contributed by atoms with Gasteiger partial charge < -0.3 is 10.8 Å². The number of aliphatic hydroxyl groups is 1. The average Bonchev–Trinajstić information content (AvgIpc) is 2.77. The fourth-order valence-corrected chi connectivity index (χ4v) is 2.42. The van der Waals surface area contributed by atoms with E-state index in [-0.39, 0.29) is 12.0 Å². The lowest BCUT2D eigenvalue weighted by molar-refractivity contribution is 0.133. The Hall–Kier alpha value is -0.120. The third-order valence-corrected chi connectivity index (χ3v) is 3.86. The summed E-state index contributed by atoms with van der Waals surface area (Å²) in [5, 5.41) is 9.12. The Morgan fingerprint density at radius 3 is 2.38 bits per heavy atom. The van der Waals surface area contributed by atoms with E-state index in [9.17, 15) is 0 Å². The molecule has 96 valence electrons. The first-order valence-corrected chi connectivity index (χ1v) is 6.64. The first-order chi connectivity index (χ1) is 7.59. The van der Waals surface area contributed by atoms with Crippen LogP contribution in [0.2, 0.25) is 0 Å².